The maximum Gasteiger partial charge on any atom is 0.270 e. The number of aliphatic hydroxyl groups excluding tert-OH is 1. The van der Waals surface area contributed by atoms with Crippen LogP contribution in [0.5, 0.6) is 0 Å². The highest BCUT2D eigenvalue weighted by Crippen LogP contribution is 2.36. The van der Waals surface area contributed by atoms with E-state index in [0.717, 1.165) is 27.0 Å². The van der Waals surface area contributed by atoms with Gasteiger partial charge in [-0.2, -0.15) is 0 Å². The van der Waals surface area contributed by atoms with Gasteiger partial charge in [0.1, 0.15) is 17.5 Å². The molecule has 0 bridgehead atoms. The third kappa shape index (κ3) is 5.44. The number of ether oxygens (including phenoxy) is 1. The first kappa shape index (κ1) is 21.9. The van der Waals surface area contributed by atoms with E-state index in [1.165, 1.54) is 17.8 Å². The fraction of sp³-hybridized carbons (Fsp3) is 0.333. The van der Waals surface area contributed by atoms with Crippen molar-refractivity contribution in [2.24, 2.45) is 0 Å². The molecule has 1 aromatic carbocycles. The molecule has 0 radical (unpaired) electrons. The molecular formula is C21H24N4O4S. The Labute approximate surface area is 179 Å². The number of hydrogen-bond acceptors (Lipinski definition) is 7. The van der Waals surface area contributed by atoms with Gasteiger partial charge in [0.15, 0.2) is 0 Å². The zero-order valence-corrected chi connectivity index (χ0v) is 17.7. The van der Waals surface area contributed by atoms with E-state index in [2.05, 4.69) is 23.4 Å². The summed E-state index contributed by atoms with van der Waals surface area (Å²) >= 11 is 1.41. The molecule has 3 rings (SSSR count). The van der Waals surface area contributed by atoms with Crippen LogP contribution < -0.4 is 0 Å². The zero-order chi connectivity index (χ0) is 21.5. The Kier molecular flexibility index (Phi) is 7.56. The highest BCUT2D eigenvalue weighted by atomic mass is 32.2. The summed E-state index contributed by atoms with van der Waals surface area (Å²) in [5, 5.41) is 21.0. The highest BCUT2D eigenvalue weighted by molar-refractivity contribution is 7.99. The van der Waals surface area contributed by atoms with Crippen molar-refractivity contribution in [3.05, 3.63) is 76.0 Å². The first-order valence-electron chi connectivity index (χ1n) is 9.58. The molecule has 1 N–H and O–H groups in total. The zero-order valence-electron chi connectivity index (χ0n) is 16.9. The highest BCUT2D eigenvalue weighted by Gasteiger charge is 2.21. The van der Waals surface area contributed by atoms with Crippen LogP contribution in [0.25, 0.3) is 0 Å². The molecule has 0 unspecified atom stereocenters. The van der Waals surface area contributed by atoms with Crippen molar-refractivity contribution in [1.82, 2.24) is 14.5 Å². The molecule has 0 amide bonds. The van der Waals surface area contributed by atoms with E-state index in [0.29, 0.717) is 6.54 Å². The lowest BCUT2D eigenvalue weighted by atomic mass is 10.1. The number of pyridine rings is 1. The predicted molar refractivity (Wildman–Crippen MR) is 114 cm³/mol. The second-order valence-corrected chi connectivity index (χ2v) is 8.01. The van der Waals surface area contributed by atoms with E-state index in [-0.39, 0.29) is 31.4 Å². The summed E-state index contributed by atoms with van der Waals surface area (Å²) in [5.41, 5.74) is 2.17. The molecule has 0 fully saturated rings. The first-order valence-corrected chi connectivity index (χ1v) is 10.4. The SMILES string of the molecule is CC(C)c1c(Sc2cccc([N+](=O)[O-])c2)nc(COCCO)n1Cc1ccncc1. The third-order valence-electron chi connectivity index (χ3n) is 4.40. The van der Waals surface area contributed by atoms with Crippen molar-refractivity contribution in [3.63, 3.8) is 0 Å². The number of aromatic nitrogens is 3. The number of benzene rings is 1. The van der Waals surface area contributed by atoms with Crippen LogP contribution in [-0.4, -0.2) is 37.8 Å². The molecule has 158 valence electrons. The summed E-state index contributed by atoms with van der Waals surface area (Å²) < 4.78 is 7.67. The minimum atomic E-state index is -0.399. The number of nitrogens with zero attached hydrogens (tertiary/aromatic N) is 4. The average Bonchev–Trinajstić information content (AvgIpc) is 3.06. The standard InChI is InChI=1S/C21H24N4O4S/c1-15(2)20-21(30-18-5-3-4-17(12-18)25(27)28)23-19(14-29-11-10-26)24(20)13-16-6-8-22-9-7-16/h3-9,12,15,26H,10-11,13-14H2,1-2H3. The van der Waals surface area contributed by atoms with E-state index in [1.54, 1.807) is 24.5 Å². The molecule has 3 aromatic rings. The van der Waals surface area contributed by atoms with Crippen molar-refractivity contribution < 1.29 is 14.8 Å². The fourth-order valence-corrected chi connectivity index (χ4v) is 4.23. The molecule has 0 spiro atoms. The smallest absolute Gasteiger partial charge is 0.270 e. The number of nitro groups is 1. The number of nitro benzene ring substituents is 1. The molecule has 8 nitrogen and oxygen atoms in total. The lowest BCUT2D eigenvalue weighted by molar-refractivity contribution is -0.385. The molecule has 0 atom stereocenters. The van der Waals surface area contributed by atoms with Gasteiger partial charge < -0.3 is 14.4 Å². The van der Waals surface area contributed by atoms with Gasteiger partial charge in [0.25, 0.3) is 5.69 Å². The normalized spacial score (nSPS) is 11.2. The van der Waals surface area contributed by atoms with Gasteiger partial charge in [-0.15, -0.1) is 0 Å². The number of imidazole rings is 1. The minimum Gasteiger partial charge on any atom is -0.394 e. The van der Waals surface area contributed by atoms with Gasteiger partial charge in [-0.05, 0) is 29.7 Å². The molecule has 0 saturated carbocycles. The molecule has 0 aliphatic rings. The molecule has 0 aliphatic carbocycles. The van der Waals surface area contributed by atoms with Crippen LogP contribution in [0.2, 0.25) is 0 Å². The van der Waals surface area contributed by atoms with Crippen LogP contribution in [0.1, 0.15) is 36.8 Å². The van der Waals surface area contributed by atoms with E-state index in [9.17, 15) is 10.1 Å². The summed E-state index contributed by atoms with van der Waals surface area (Å²) in [7, 11) is 0. The summed E-state index contributed by atoms with van der Waals surface area (Å²) in [5.74, 6) is 0.920. The van der Waals surface area contributed by atoms with E-state index in [1.807, 2.05) is 18.2 Å². The molecule has 0 saturated heterocycles. The Balaban J connectivity index is 2.00. The van der Waals surface area contributed by atoms with Crippen molar-refractivity contribution in [3.8, 4) is 0 Å². The van der Waals surface area contributed by atoms with Crippen molar-refractivity contribution in [2.75, 3.05) is 13.2 Å². The second-order valence-electron chi connectivity index (χ2n) is 6.95. The van der Waals surface area contributed by atoms with Crippen LogP contribution in [0.4, 0.5) is 5.69 Å². The van der Waals surface area contributed by atoms with Crippen molar-refractivity contribution >= 4 is 17.4 Å². The van der Waals surface area contributed by atoms with Gasteiger partial charge in [0.05, 0.1) is 23.8 Å². The number of rotatable bonds is 10. The van der Waals surface area contributed by atoms with Gasteiger partial charge >= 0.3 is 0 Å². The largest absolute Gasteiger partial charge is 0.394 e. The van der Waals surface area contributed by atoms with Crippen LogP contribution in [-0.2, 0) is 17.9 Å². The predicted octanol–water partition coefficient (Wildman–Crippen LogP) is 4.02. The van der Waals surface area contributed by atoms with Gasteiger partial charge in [0, 0.05) is 36.0 Å². The quantitative estimate of drug-likeness (QED) is 0.295. The Hall–Kier alpha value is -2.75. The van der Waals surface area contributed by atoms with Crippen molar-refractivity contribution in [1.29, 1.82) is 0 Å². The summed E-state index contributed by atoms with van der Waals surface area (Å²) in [6, 6.07) is 10.5. The summed E-state index contributed by atoms with van der Waals surface area (Å²) in [6.45, 7) is 5.23. The van der Waals surface area contributed by atoms with Crippen molar-refractivity contribution in [2.45, 2.75) is 42.8 Å². The number of non-ortho nitro benzene ring substituents is 1. The molecule has 30 heavy (non-hydrogen) atoms. The number of hydrogen-bond donors (Lipinski definition) is 1. The van der Waals surface area contributed by atoms with Crippen LogP contribution in [0.3, 0.4) is 0 Å². The molecular weight excluding hydrogens is 404 g/mol. The molecule has 2 aromatic heterocycles. The molecule has 9 heteroatoms. The fourth-order valence-electron chi connectivity index (χ4n) is 3.08. The number of aliphatic hydroxyl groups is 1. The second kappa shape index (κ2) is 10.3. The minimum absolute atomic E-state index is 0.0498. The van der Waals surface area contributed by atoms with E-state index < -0.39 is 4.92 Å². The Morgan fingerprint density at radius 2 is 2.03 bits per heavy atom. The monoisotopic (exact) mass is 428 g/mol. The Morgan fingerprint density at radius 1 is 1.27 bits per heavy atom. The Bertz CT molecular complexity index is 992. The van der Waals surface area contributed by atoms with E-state index >= 15 is 0 Å². The summed E-state index contributed by atoms with van der Waals surface area (Å²) in [4.78, 5) is 20.4. The first-order chi connectivity index (χ1) is 14.5. The maximum absolute atomic E-state index is 11.1. The van der Waals surface area contributed by atoms with Gasteiger partial charge in [-0.25, -0.2) is 4.98 Å². The lowest BCUT2D eigenvalue weighted by Crippen LogP contribution is -2.12. The van der Waals surface area contributed by atoms with Gasteiger partial charge in [-0.1, -0.05) is 31.7 Å². The maximum atomic E-state index is 11.1. The Morgan fingerprint density at radius 3 is 2.70 bits per heavy atom. The summed E-state index contributed by atoms with van der Waals surface area (Å²) in [6.07, 6.45) is 3.50. The van der Waals surface area contributed by atoms with Gasteiger partial charge in [-0.3, -0.25) is 15.1 Å². The third-order valence-corrected chi connectivity index (χ3v) is 5.38. The topological polar surface area (TPSA) is 103 Å². The molecule has 2 heterocycles. The van der Waals surface area contributed by atoms with E-state index in [4.69, 9.17) is 14.8 Å². The van der Waals surface area contributed by atoms with Crippen LogP contribution in [0.15, 0.2) is 58.7 Å². The van der Waals surface area contributed by atoms with Crippen LogP contribution >= 0.6 is 11.8 Å². The lowest BCUT2D eigenvalue weighted by Gasteiger charge is -2.15. The van der Waals surface area contributed by atoms with Gasteiger partial charge in [0.2, 0.25) is 0 Å². The van der Waals surface area contributed by atoms with Crippen LogP contribution in [0, 0.1) is 10.1 Å². The molecule has 0 aliphatic heterocycles. The average molecular weight is 429 g/mol.